The van der Waals surface area contributed by atoms with Crippen LogP contribution < -0.4 is 4.90 Å². The third-order valence-electron chi connectivity index (χ3n) is 6.36. The molecule has 7 nitrogen and oxygen atoms in total. The number of thioether (sulfide) groups is 1. The number of benzene rings is 3. The van der Waals surface area contributed by atoms with E-state index in [2.05, 4.69) is 39.9 Å². The summed E-state index contributed by atoms with van der Waals surface area (Å²) in [5.74, 6) is 0.562. The highest BCUT2D eigenvalue weighted by molar-refractivity contribution is 8.00. The van der Waals surface area contributed by atoms with Gasteiger partial charge < -0.3 is 14.4 Å². The minimum absolute atomic E-state index is 0.0884. The van der Waals surface area contributed by atoms with E-state index in [0.717, 1.165) is 47.5 Å². The van der Waals surface area contributed by atoms with Crippen LogP contribution in [0.15, 0.2) is 90.0 Å². The molecule has 0 spiro atoms. The molecule has 1 aromatic heterocycles. The highest BCUT2D eigenvalue weighted by Crippen LogP contribution is 2.31. The molecule has 0 bridgehead atoms. The molecule has 1 saturated heterocycles. The maximum Gasteiger partial charge on any atom is 0.269 e. The molecule has 1 fully saturated rings. The first kappa shape index (κ1) is 23.0. The first-order valence-electron chi connectivity index (χ1n) is 11.6. The van der Waals surface area contributed by atoms with Crippen molar-refractivity contribution in [2.24, 2.45) is 0 Å². The SMILES string of the molecule is O=C(CSc1cn(Cc2ccc([N+](=O)[O-])cc2)c2ccccc12)N1CCN(c2ccccc2)CC1. The summed E-state index contributed by atoms with van der Waals surface area (Å²) in [6.45, 7) is 3.75. The largest absolute Gasteiger partial charge is 0.368 e. The Morgan fingerprint density at radius 2 is 1.57 bits per heavy atom. The van der Waals surface area contributed by atoms with Gasteiger partial charge in [0.1, 0.15) is 0 Å². The normalized spacial score (nSPS) is 13.8. The van der Waals surface area contributed by atoms with E-state index in [1.54, 1.807) is 23.9 Å². The van der Waals surface area contributed by atoms with E-state index in [9.17, 15) is 14.9 Å². The molecule has 35 heavy (non-hydrogen) atoms. The highest BCUT2D eigenvalue weighted by atomic mass is 32.2. The van der Waals surface area contributed by atoms with Crippen molar-refractivity contribution in [1.82, 2.24) is 9.47 Å². The van der Waals surface area contributed by atoms with Gasteiger partial charge in [0, 0.05) is 72.5 Å². The monoisotopic (exact) mass is 486 g/mol. The number of para-hydroxylation sites is 2. The number of carbonyl (C=O) groups excluding carboxylic acids is 1. The zero-order chi connectivity index (χ0) is 24.2. The van der Waals surface area contributed by atoms with Gasteiger partial charge in [0.05, 0.1) is 10.7 Å². The smallest absolute Gasteiger partial charge is 0.269 e. The van der Waals surface area contributed by atoms with E-state index < -0.39 is 0 Å². The van der Waals surface area contributed by atoms with E-state index in [4.69, 9.17) is 0 Å². The Hall–Kier alpha value is -3.78. The molecular formula is C27H26N4O3S. The fraction of sp³-hybridized carbons (Fsp3) is 0.222. The van der Waals surface area contributed by atoms with Gasteiger partial charge >= 0.3 is 0 Å². The van der Waals surface area contributed by atoms with Crippen molar-refractivity contribution in [1.29, 1.82) is 0 Å². The molecule has 0 saturated carbocycles. The zero-order valence-corrected chi connectivity index (χ0v) is 20.1. The van der Waals surface area contributed by atoms with Gasteiger partial charge in [-0.25, -0.2) is 0 Å². The molecule has 0 unspecified atom stereocenters. The summed E-state index contributed by atoms with van der Waals surface area (Å²) in [5.41, 5.74) is 3.36. The van der Waals surface area contributed by atoms with Crippen LogP contribution in [0, 0.1) is 10.1 Å². The number of fused-ring (bicyclic) bond motifs is 1. The van der Waals surface area contributed by atoms with Gasteiger partial charge in [-0.1, -0.05) is 48.5 Å². The lowest BCUT2D eigenvalue weighted by Gasteiger charge is -2.36. The Labute approximate surface area is 208 Å². The van der Waals surface area contributed by atoms with E-state index in [1.807, 2.05) is 35.2 Å². The van der Waals surface area contributed by atoms with Gasteiger partial charge in [-0.15, -0.1) is 11.8 Å². The number of nitrogens with zero attached hydrogens (tertiary/aromatic N) is 4. The minimum Gasteiger partial charge on any atom is -0.368 e. The van der Waals surface area contributed by atoms with Crippen LogP contribution in [0.2, 0.25) is 0 Å². The van der Waals surface area contributed by atoms with Crippen LogP contribution in [0.4, 0.5) is 11.4 Å². The van der Waals surface area contributed by atoms with Gasteiger partial charge in [-0.05, 0) is 23.8 Å². The number of piperazine rings is 1. The van der Waals surface area contributed by atoms with Crippen LogP contribution in [0.5, 0.6) is 0 Å². The number of hydrogen-bond acceptors (Lipinski definition) is 5. The molecule has 0 N–H and O–H groups in total. The Bertz CT molecular complexity index is 1330. The fourth-order valence-corrected chi connectivity index (χ4v) is 5.45. The van der Waals surface area contributed by atoms with Gasteiger partial charge in [-0.2, -0.15) is 0 Å². The topological polar surface area (TPSA) is 71.6 Å². The summed E-state index contributed by atoms with van der Waals surface area (Å²) in [6, 6.07) is 25.1. The number of amides is 1. The molecule has 2 heterocycles. The van der Waals surface area contributed by atoms with Crippen molar-refractivity contribution in [3.63, 3.8) is 0 Å². The number of rotatable bonds is 7. The summed E-state index contributed by atoms with van der Waals surface area (Å²) < 4.78 is 2.14. The molecule has 178 valence electrons. The van der Waals surface area contributed by atoms with Crippen molar-refractivity contribution in [2.45, 2.75) is 11.4 Å². The van der Waals surface area contributed by atoms with Crippen LogP contribution in [0.1, 0.15) is 5.56 Å². The fourth-order valence-electron chi connectivity index (χ4n) is 4.46. The first-order valence-corrected chi connectivity index (χ1v) is 12.6. The van der Waals surface area contributed by atoms with Gasteiger partial charge in [0.15, 0.2) is 0 Å². The number of non-ortho nitro benzene ring substituents is 1. The quantitative estimate of drug-likeness (QED) is 0.208. The summed E-state index contributed by atoms with van der Waals surface area (Å²) in [5, 5.41) is 12.0. The second kappa shape index (κ2) is 10.2. The van der Waals surface area contributed by atoms with Gasteiger partial charge in [0.25, 0.3) is 5.69 Å². The average Bonchev–Trinajstić information content (AvgIpc) is 3.25. The maximum absolute atomic E-state index is 13.0. The summed E-state index contributed by atoms with van der Waals surface area (Å²) in [7, 11) is 0. The van der Waals surface area contributed by atoms with E-state index in [1.165, 1.54) is 17.8 Å². The highest BCUT2D eigenvalue weighted by Gasteiger charge is 2.22. The number of carbonyl (C=O) groups is 1. The van der Waals surface area contributed by atoms with Gasteiger partial charge in [-0.3, -0.25) is 14.9 Å². The third-order valence-corrected chi connectivity index (χ3v) is 7.38. The minimum atomic E-state index is -0.387. The predicted molar refractivity (Wildman–Crippen MR) is 140 cm³/mol. The van der Waals surface area contributed by atoms with Crippen molar-refractivity contribution >= 4 is 39.9 Å². The molecule has 1 aliphatic heterocycles. The Balaban J connectivity index is 1.23. The lowest BCUT2D eigenvalue weighted by Crippen LogP contribution is -2.49. The molecule has 1 aliphatic rings. The van der Waals surface area contributed by atoms with Gasteiger partial charge in [0.2, 0.25) is 5.91 Å². The maximum atomic E-state index is 13.0. The van der Waals surface area contributed by atoms with Crippen LogP contribution in [-0.4, -0.2) is 52.2 Å². The molecule has 0 radical (unpaired) electrons. The molecule has 0 atom stereocenters. The molecule has 4 aromatic rings. The van der Waals surface area contributed by atoms with E-state index in [0.29, 0.717) is 12.3 Å². The zero-order valence-electron chi connectivity index (χ0n) is 19.2. The summed E-state index contributed by atoms with van der Waals surface area (Å²) >= 11 is 1.57. The van der Waals surface area contributed by atoms with Crippen LogP contribution >= 0.6 is 11.8 Å². The predicted octanol–water partition coefficient (Wildman–Crippen LogP) is 5.04. The Morgan fingerprint density at radius 3 is 2.29 bits per heavy atom. The standard InChI is InChI=1S/C27H26N4O3S/c32-27(29-16-14-28(15-17-29)22-6-2-1-3-7-22)20-35-26-19-30(25-9-5-4-8-24(25)26)18-21-10-12-23(13-11-21)31(33)34/h1-13,19H,14-18,20H2. The van der Waals surface area contributed by atoms with Crippen molar-refractivity contribution in [3.05, 3.63) is 101 Å². The van der Waals surface area contributed by atoms with E-state index in [-0.39, 0.29) is 16.5 Å². The molecule has 3 aromatic carbocycles. The molecular weight excluding hydrogens is 460 g/mol. The van der Waals surface area contributed by atoms with E-state index >= 15 is 0 Å². The molecule has 8 heteroatoms. The second-order valence-electron chi connectivity index (χ2n) is 8.55. The second-order valence-corrected chi connectivity index (χ2v) is 9.57. The number of nitro benzene ring substituents is 1. The molecule has 0 aliphatic carbocycles. The lowest BCUT2D eigenvalue weighted by atomic mass is 10.2. The average molecular weight is 487 g/mol. The number of aromatic nitrogens is 1. The first-order chi connectivity index (χ1) is 17.1. The number of anilines is 1. The molecule has 5 rings (SSSR count). The summed E-state index contributed by atoms with van der Waals surface area (Å²) in [6.07, 6.45) is 2.08. The van der Waals surface area contributed by atoms with Crippen LogP contribution in [0.3, 0.4) is 0 Å². The molecule has 1 amide bonds. The summed E-state index contributed by atoms with van der Waals surface area (Å²) in [4.78, 5) is 28.9. The Kier molecular flexibility index (Phi) is 6.72. The van der Waals surface area contributed by atoms with Crippen molar-refractivity contribution < 1.29 is 9.72 Å². The number of hydrogen-bond donors (Lipinski definition) is 0. The van der Waals surface area contributed by atoms with Crippen LogP contribution in [-0.2, 0) is 11.3 Å². The lowest BCUT2D eigenvalue weighted by molar-refractivity contribution is -0.384. The third kappa shape index (κ3) is 5.17. The Morgan fingerprint density at radius 1 is 0.886 bits per heavy atom. The van der Waals surface area contributed by atoms with Crippen molar-refractivity contribution in [2.75, 3.05) is 36.8 Å². The van der Waals surface area contributed by atoms with Crippen molar-refractivity contribution in [3.8, 4) is 0 Å². The van der Waals surface area contributed by atoms with Crippen LogP contribution in [0.25, 0.3) is 10.9 Å². The number of nitro groups is 1.